The summed E-state index contributed by atoms with van der Waals surface area (Å²) in [4.78, 5) is 2.26. The van der Waals surface area contributed by atoms with Gasteiger partial charge >= 0.3 is 0 Å². The summed E-state index contributed by atoms with van der Waals surface area (Å²) >= 11 is 5.47. The summed E-state index contributed by atoms with van der Waals surface area (Å²) in [6, 6.07) is 6.42. The van der Waals surface area contributed by atoms with Crippen LogP contribution in [-0.2, 0) is 0 Å². The van der Waals surface area contributed by atoms with E-state index in [1.165, 1.54) is 5.69 Å². The largest absolute Gasteiger partial charge is 0.373 e. The van der Waals surface area contributed by atoms with E-state index in [1.54, 1.807) is 0 Å². The van der Waals surface area contributed by atoms with Crippen molar-refractivity contribution in [3.05, 3.63) is 28.2 Å². The molecule has 0 spiro atoms. The quantitative estimate of drug-likeness (QED) is 0.905. The third kappa shape index (κ3) is 3.68. The number of hydrogen-bond donors (Lipinski definition) is 1. The van der Waals surface area contributed by atoms with E-state index in [0.29, 0.717) is 0 Å². The van der Waals surface area contributed by atoms with Crippen LogP contribution in [0.4, 0.5) is 5.69 Å². The summed E-state index contributed by atoms with van der Waals surface area (Å²) in [6.07, 6.45) is 2.13. The number of halogens is 1. The minimum absolute atomic E-state index is 0.0850. The highest BCUT2D eigenvalue weighted by atomic mass is 79.9. The van der Waals surface area contributed by atoms with E-state index in [1.807, 2.05) is 18.7 Å². The van der Waals surface area contributed by atoms with Crippen LogP contribution in [0.15, 0.2) is 22.7 Å². The average molecular weight is 303 g/mol. The molecule has 0 radical (unpaired) electrons. The lowest BCUT2D eigenvalue weighted by molar-refractivity contribution is 0.816. The molecule has 0 amide bonds. The van der Waals surface area contributed by atoms with Crippen LogP contribution in [0.25, 0.3) is 0 Å². The summed E-state index contributed by atoms with van der Waals surface area (Å²) in [5.41, 5.74) is 8.23. The molecule has 4 heteroatoms. The molecule has 0 bridgehead atoms. The van der Waals surface area contributed by atoms with Gasteiger partial charge in [0.1, 0.15) is 0 Å². The number of nitrogens with two attached hydrogens (primary N) is 1. The summed E-state index contributed by atoms with van der Waals surface area (Å²) in [5, 5.41) is 0. The Hall–Kier alpha value is -0.190. The number of rotatable bonds is 5. The molecule has 1 aromatic rings. The number of hydrogen-bond acceptors (Lipinski definition) is 3. The van der Waals surface area contributed by atoms with E-state index >= 15 is 0 Å². The van der Waals surface area contributed by atoms with Crippen LogP contribution in [0.5, 0.6) is 0 Å². The normalized spacial score (nSPS) is 12.6. The zero-order chi connectivity index (χ0) is 12.1. The second-order valence-electron chi connectivity index (χ2n) is 3.91. The third-order valence-electron chi connectivity index (χ3n) is 2.54. The van der Waals surface area contributed by atoms with Gasteiger partial charge in [-0.1, -0.05) is 6.07 Å². The van der Waals surface area contributed by atoms with E-state index < -0.39 is 0 Å². The van der Waals surface area contributed by atoms with Crippen molar-refractivity contribution in [2.75, 3.05) is 30.5 Å². The smallest absolute Gasteiger partial charge is 0.0508 e. The first-order chi connectivity index (χ1) is 7.56. The fraction of sp³-hybridized carbons (Fsp3) is 0.500. The van der Waals surface area contributed by atoms with Crippen molar-refractivity contribution in [3.63, 3.8) is 0 Å². The van der Waals surface area contributed by atoms with Crippen molar-refractivity contribution in [3.8, 4) is 0 Å². The van der Waals surface area contributed by atoms with E-state index in [4.69, 9.17) is 5.73 Å². The SMILES string of the molecule is CSCCN(C)c1ccc(C(C)N)cc1Br. The van der Waals surface area contributed by atoms with Gasteiger partial charge in [0.15, 0.2) is 0 Å². The molecule has 0 fully saturated rings. The minimum atomic E-state index is 0.0850. The Bertz CT molecular complexity index is 342. The topological polar surface area (TPSA) is 29.3 Å². The van der Waals surface area contributed by atoms with Gasteiger partial charge in [-0.15, -0.1) is 0 Å². The van der Waals surface area contributed by atoms with Crippen LogP contribution in [0.3, 0.4) is 0 Å². The Balaban J connectivity index is 2.81. The lowest BCUT2D eigenvalue weighted by atomic mass is 10.1. The Morgan fingerprint density at radius 2 is 2.19 bits per heavy atom. The number of thioether (sulfide) groups is 1. The van der Waals surface area contributed by atoms with Crippen LogP contribution in [-0.4, -0.2) is 25.6 Å². The summed E-state index contributed by atoms with van der Waals surface area (Å²) < 4.78 is 1.12. The Labute approximate surface area is 111 Å². The molecule has 1 aromatic carbocycles. The fourth-order valence-electron chi connectivity index (χ4n) is 1.46. The van der Waals surface area contributed by atoms with E-state index in [-0.39, 0.29) is 6.04 Å². The van der Waals surface area contributed by atoms with Crippen LogP contribution in [0.2, 0.25) is 0 Å². The number of benzene rings is 1. The fourth-order valence-corrected chi connectivity index (χ4v) is 2.62. The van der Waals surface area contributed by atoms with E-state index in [9.17, 15) is 0 Å². The molecule has 0 aliphatic heterocycles. The van der Waals surface area contributed by atoms with Gasteiger partial charge in [0.25, 0.3) is 0 Å². The first-order valence-corrected chi connectivity index (χ1v) is 7.50. The van der Waals surface area contributed by atoms with E-state index in [0.717, 1.165) is 22.3 Å². The predicted molar refractivity (Wildman–Crippen MR) is 78.4 cm³/mol. The van der Waals surface area contributed by atoms with Crippen molar-refractivity contribution >= 4 is 33.4 Å². The van der Waals surface area contributed by atoms with Gasteiger partial charge in [0.2, 0.25) is 0 Å². The van der Waals surface area contributed by atoms with Gasteiger partial charge < -0.3 is 10.6 Å². The molecule has 2 N–H and O–H groups in total. The summed E-state index contributed by atoms with van der Waals surface area (Å²) in [6.45, 7) is 3.05. The zero-order valence-corrected chi connectivity index (χ0v) is 12.4. The standard InChI is InChI=1S/C12H19BrN2S/c1-9(14)10-4-5-12(11(13)8-10)15(2)6-7-16-3/h4-5,8-9H,6-7,14H2,1-3H3. The molecule has 0 saturated carbocycles. The predicted octanol–water partition coefficient (Wildman–Crippen LogP) is 3.27. The van der Waals surface area contributed by atoms with Crippen LogP contribution in [0.1, 0.15) is 18.5 Å². The van der Waals surface area contributed by atoms with Crippen molar-refractivity contribution in [2.24, 2.45) is 5.73 Å². The highest BCUT2D eigenvalue weighted by molar-refractivity contribution is 9.10. The first-order valence-electron chi connectivity index (χ1n) is 5.31. The van der Waals surface area contributed by atoms with Gasteiger partial charge in [0.05, 0.1) is 5.69 Å². The maximum atomic E-state index is 5.85. The number of anilines is 1. The zero-order valence-electron chi connectivity index (χ0n) is 10.0. The van der Waals surface area contributed by atoms with Crippen LogP contribution >= 0.6 is 27.7 Å². The minimum Gasteiger partial charge on any atom is -0.373 e. The molecule has 0 saturated heterocycles. The van der Waals surface area contributed by atoms with Gasteiger partial charge in [-0.25, -0.2) is 0 Å². The van der Waals surface area contributed by atoms with Crippen LogP contribution < -0.4 is 10.6 Å². The molecule has 1 atom stereocenters. The monoisotopic (exact) mass is 302 g/mol. The molecular formula is C12H19BrN2S. The average Bonchev–Trinajstić information content (AvgIpc) is 2.25. The van der Waals surface area contributed by atoms with Gasteiger partial charge in [-0.05, 0) is 46.8 Å². The molecule has 0 heterocycles. The molecule has 1 rings (SSSR count). The maximum absolute atomic E-state index is 5.85. The van der Waals surface area contributed by atoms with E-state index in [2.05, 4.69) is 52.3 Å². The molecule has 0 aromatic heterocycles. The lowest BCUT2D eigenvalue weighted by Gasteiger charge is -2.21. The van der Waals surface area contributed by atoms with Gasteiger partial charge in [0, 0.05) is 29.9 Å². The Morgan fingerprint density at radius 1 is 1.50 bits per heavy atom. The highest BCUT2D eigenvalue weighted by Gasteiger charge is 2.07. The molecule has 16 heavy (non-hydrogen) atoms. The second kappa shape index (κ2) is 6.52. The lowest BCUT2D eigenvalue weighted by Crippen LogP contribution is -2.20. The summed E-state index contributed by atoms with van der Waals surface area (Å²) in [7, 11) is 2.11. The maximum Gasteiger partial charge on any atom is 0.0508 e. The van der Waals surface area contributed by atoms with Crippen molar-refractivity contribution in [2.45, 2.75) is 13.0 Å². The Kier molecular flexibility index (Phi) is 5.66. The highest BCUT2D eigenvalue weighted by Crippen LogP contribution is 2.28. The molecule has 2 nitrogen and oxygen atoms in total. The van der Waals surface area contributed by atoms with Crippen LogP contribution in [0, 0.1) is 0 Å². The van der Waals surface area contributed by atoms with Crippen molar-refractivity contribution in [1.82, 2.24) is 0 Å². The molecule has 90 valence electrons. The van der Waals surface area contributed by atoms with Gasteiger partial charge in [-0.2, -0.15) is 11.8 Å². The first kappa shape index (κ1) is 13.9. The van der Waals surface area contributed by atoms with Crippen molar-refractivity contribution in [1.29, 1.82) is 0 Å². The summed E-state index contributed by atoms with van der Waals surface area (Å²) in [5.74, 6) is 1.14. The second-order valence-corrected chi connectivity index (χ2v) is 5.75. The third-order valence-corrected chi connectivity index (χ3v) is 3.77. The molecule has 0 aliphatic carbocycles. The molecule has 0 aliphatic rings. The van der Waals surface area contributed by atoms with Crippen molar-refractivity contribution < 1.29 is 0 Å². The van der Waals surface area contributed by atoms with Gasteiger partial charge in [-0.3, -0.25) is 0 Å². The molecule has 1 unspecified atom stereocenters. The Morgan fingerprint density at radius 3 is 2.69 bits per heavy atom. The number of nitrogens with zero attached hydrogens (tertiary/aromatic N) is 1. The molecular weight excluding hydrogens is 284 g/mol.